The highest BCUT2D eigenvalue weighted by Gasteiger charge is 2.78. The lowest BCUT2D eigenvalue weighted by molar-refractivity contribution is -0.314. The zero-order valence-corrected chi connectivity index (χ0v) is 44.4. The predicted molar refractivity (Wildman–Crippen MR) is 259 cm³/mol. The third-order valence-electron chi connectivity index (χ3n) is 16.5. The monoisotopic (exact) mass is 975 g/mol. The van der Waals surface area contributed by atoms with Crippen LogP contribution >= 0.6 is 0 Å². The molecule has 4 aliphatic rings. The van der Waals surface area contributed by atoms with Crippen LogP contribution in [0.25, 0.3) is 0 Å². The number of ketones is 2. The molecule has 2 saturated carbocycles. The Kier molecular flexibility index (Phi) is 14.9. The Morgan fingerprint density at radius 3 is 1.94 bits per heavy atom. The average Bonchev–Trinajstić information content (AvgIpc) is 3.27. The van der Waals surface area contributed by atoms with Gasteiger partial charge in [0, 0.05) is 37.7 Å². The molecule has 14 nitrogen and oxygen atoms in total. The fourth-order valence-corrected chi connectivity index (χ4v) is 15.2. The van der Waals surface area contributed by atoms with E-state index in [0.29, 0.717) is 34.8 Å². The second-order valence-corrected chi connectivity index (χ2v) is 31.1. The number of hydrogen-bond donors (Lipinski definition) is 2. The molecule has 1 amide bonds. The number of hydrogen-bond acceptors (Lipinski definition) is 13. The van der Waals surface area contributed by atoms with Crippen molar-refractivity contribution in [1.29, 1.82) is 0 Å². The van der Waals surface area contributed by atoms with Crippen LogP contribution < -0.4 is 5.32 Å². The van der Waals surface area contributed by atoms with E-state index < -0.39 is 128 Å². The van der Waals surface area contributed by atoms with E-state index in [1.165, 1.54) is 13.8 Å². The Morgan fingerprint density at radius 1 is 0.868 bits per heavy atom. The smallest absolute Gasteiger partial charge is 0.337 e. The molecule has 372 valence electrons. The summed E-state index contributed by atoms with van der Waals surface area (Å²) in [4.78, 5) is 88.0. The molecule has 0 aromatic heterocycles. The predicted octanol–water partition coefficient (Wildman–Crippen LogP) is 8.14. The Bertz CT molecular complexity index is 2300. The standard InChI is InChI=1S/C52H73NO13Si2/c1-15-68(16-2,17-3)65-37-28-38-51(30-61-38,64-33(6)55)43-45(57)52(60)29-36(31(4)39(49(52,10)11)41(62-32(5)54)44(56)50(37,43)12)63-47(59)42(66-67(13,14)48(7,8)9)40(34-24-20-18-21-25-34)53-46(58)35-26-22-19-23-27-35/h18-27,36-38,40-43,60H,15-17,28-30H2,1-14H3,(H,53,58)/t36-,37-,38+,40-,41+,42+,43-,50+,51-,52+/m0/s1. The second kappa shape index (κ2) is 19.1. The van der Waals surface area contributed by atoms with Gasteiger partial charge >= 0.3 is 17.9 Å². The number of amides is 1. The summed E-state index contributed by atoms with van der Waals surface area (Å²) in [5.74, 6) is -5.90. The van der Waals surface area contributed by atoms with Gasteiger partial charge in [0.1, 0.15) is 17.8 Å². The zero-order valence-electron chi connectivity index (χ0n) is 42.4. The lowest BCUT2D eigenvalue weighted by atomic mass is 9.45. The first-order valence-electron chi connectivity index (χ1n) is 24.1. The maximum Gasteiger partial charge on any atom is 0.337 e. The Labute approximate surface area is 403 Å². The summed E-state index contributed by atoms with van der Waals surface area (Å²) in [6, 6.07) is 18.6. The minimum atomic E-state index is -2.89. The van der Waals surface area contributed by atoms with Gasteiger partial charge in [0.05, 0.1) is 30.1 Å². The summed E-state index contributed by atoms with van der Waals surface area (Å²) >= 11 is 0. The first kappa shape index (κ1) is 53.0. The molecule has 1 saturated heterocycles. The SMILES string of the molecule is CC[Si](CC)(CC)O[C@H]1C[C@H]2OC[C@@]2(OC(C)=O)[C@H]2C(=O)[C@]3(O)C[C@H](OC(=O)[C@H](O[Si](C)(C)C(C)(C)C)[C@@H](NC(=O)c4ccccc4)c4ccccc4)C(C)=C([C@@H](OC(C)=O)C(=O)[C@]12C)C3(C)C. The Hall–Kier alpha value is -4.33. The Morgan fingerprint density at radius 2 is 1.44 bits per heavy atom. The van der Waals surface area contributed by atoms with Crippen molar-refractivity contribution < 1.29 is 61.7 Å². The summed E-state index contributed by atoms with van der Waals surface area (Å²) in [6.07, 6.45) is -6.77. The number of nitrogens with one attached hydrogen (secondary N) is 1. The first-order valence-corrected chi connectivity index (χ1v) is 29.5. The Balaban J connectivity index is 1.56. The molecule has 2 N–H and O–H groups in total. The van der Waals surface area contributed by atoms with Crippen molar-refractivity contribution in [2.45, 2.75) is 180 Å². The maximum atomic E-state index is 16.1. The molecule has 1 heterocycles. The normalized spacial score (nSPS) is 30.0. The van der Waals surface area contributed by atoms with Gasteiger partial charge in [0.25, 0.3) is 5.91 Å². The lowest BCUT2D eigenvalue weighted by Crippen LogP contribution is -2.81. The van der Waals surface area contributed by atoms with Crippen LogP contribution in [0, 0.1) is 16.7 Å². The molecule has 16 heteroatoms. The lowest BCUT2D eigenvalue weighted by Gasteiger charge is -2.65. The van der Waals surface area contributed by atoms with Crippen LogP contribution in [0.15, 0.2) is 71.8 Å². The van der Waals surface area contributed by atoms with Crippen molar-refractivity contribution in [3.63, 3.8) is 0 Å². The van der Waals surface area contributed by atoms with Crippen LogP contribution in [0.5, 0.6) is 0 Å². The zero-order chi connectivity index (χ0) is 50.6. The summed E-state index contributed by atoms with van der Waals surface area (Å²) in [5, 5.41) is 16.2. The van der Waals surface area contributed by atoms with Gasteiger partial charge in [-0.25, -0.2) is 4.79 Å². The van der Waals surface area contributed by atoms with E-state index in [-0.39, 0.29) is 18.6 Å². The van der Waals surface area contributed by atoms with E-state index in [9.17, 15) is 19.5 Å². The van der Waals surface area contributed by atoms with Gasteiger partial charge < -0.3 is 38.2 Å². The van der Waals surface area contributed by atoms with Crippen LogP contribution in [-0.2, 0) is 51.8 Å². The largest absolute Gasteiger partial charge is 0.456 e. The van der Waals surface area contributed by atoms with Gasteiger partial charge in [-0.05, 0) is 79.0 Å². The van der Waals surface area contributed by atoms with Crippen molar-refractivity contribution in [2.75, 3.05) is 6.61 Å². The third kappa shape index (κ3) is 9.02. The van der Waals surface area contributed by atoms with Gasteiger partial charge in [0.15, 0.2) is 46.0 Å². The van der Waals surface area contributed by atoms with E-state index in [1.54, 1.807) is 82.3 Å². The number of Topliss-reactive ketones (excluding diaryl/α,β-unsaturated/α-hetero) is 2. The van der Waals surface area contributed by atoms with E-state index >= 15 is 14.4 Å². The first-order chi connectivity index (χ1) is 31.6. The number of carbonyl (C=O) groups excluding carboxylic acids is 6. The molecular weight excluding hydrogens is 903 g/mol. The molecule has 2 aromatic carbocycles. The molecule has 1 aliphatic heterocycles. The van der Waals surface area contributed by atoms with E-state index in [4.69, 9.17) is 27.8 Å². The molecule has 6 rings (SSSR count). The average molecular weight is 976 g/mol. The van der Waals surface area contributed by atoms with Crippen molar-refractivity contribution in [3.05, 3.63) is 82.9 Å². The van der Waals surface area contributed by atoms with Crippen LogP contribution in [0.2, 0.25) is 36.3 Å². The number of carbonyl (C=O) groups is 6. The van der Waals surface area contributed by atoms with Gasteiger partial charge in [-0.2, -0.15) is 0 Å². The number of benzene rings is 2. The molecule has 2 aromatic rings. The number of ether oxygens (including phenoxy) is 4. The van der Waals surface area contributed by atoms with Crippen LogP contribution in [0.4, 0.5) is 0 Å². The summed E-state index contributed by atoms with van der Waals surface area (Å²) in [5.41, 5.74) is -6.30. The molecule has 0 radical (unpaired) electrons. The van der Waals surface area contributed by atoms with Crippen LogP contribution in [0.1, 0.15) is 118 Å². The third-order valence-corrected chi connectivity index (χ3v) is 25.6. The van der Waals surface area contributed by atoms with E-state index in [2.05, 4.69) is 5.32 Å². The van der Waals surface area contributed by atoms with E-state index in [0.717, 1.165) is 0 Å². The summed E-state index contributed by atoms with van der Waals surface area (Å²) in [7, 11) is -5.46. The molecular formula is C52H73NO13Si2. The quantitative estimate of drug-likeness (QED) is 0.0754. The van der Waals surface area contributed by atoms with Gasteiger partial charge in [-0.15, -0.1) is 0 Å². The number of aliphatic hydroxyl groups is 1. The van der Waals surface area contributed by atoms with Crippen molar-refractivity contribution in [1.82, 2.24) is 5.32 Å². The van der Waals surface area contributed by atoms with Gasteiger partial charge in [-0.1, -0.05) is 104 Å². The van der Waals surface area contributed by atoms with E-state index in [1.807, 2.05) is 60.7 Å². The number of esters is 3. The molecule has 10 atom stereocenters. The highest BCUT2D eigenvalue weighted by Crippen LogP contribution is 2.63. The van der Waals surface area contributed by atoms with Crippen molar-refractivity contribution in [3.8, 4) is 0 Å². The van der Waals surface area contributed by atoms with Gasteiger partial charge in [-0.3, -0.25) is 24.0 Å². The molecule has 3 fully saturated rings. The van der Waals surface area contributed by atoms with Crippen LogP contribution in [0.3, 0.4) is 0 Å². The topological polar surface area (TPSA) is 190 Å². The van der Waals surface area contributed by atoms with Crippen LogP contribution in [-0.4, -0.2) is 105 Å². The molecule has 3 aliphatic carbocycles. The van der Waals surface area contributed by atoms with Crippen molar-refractivity contribution in [2.24, 2.45) is 16.7 Å². The fraction of sp³-hybridized carbons (Fsp3) is 0.615. The molecule has 0 unspecified atom stereocenters. The van der Waals surface area contributed by atoms with Gasteiger partial charge in [0.2, 0.25) is 0 Å². The second-order valence-electron chi connectivity index (χ2n) is 21.6. The number of fused-ring (bicyclic) bond motifs is 5. The minimum Gasteiger partial charge on any atom is -0.456 e. The minimum absolute atomic E-state index is 0.0972. The highest BCUT2D eigenvalue weighted by molar-refractivity contribution is 6.74. The summed E-state index contributed by atoms with van der Waals surface area (Å²) in [6.45, 7) is 24.8. The molecule has 0 spiro atoms. The highest BCUT2D eigenvalue weighted by atomic mass is 28.4. The fourth-order valence-electron chi connectivity index (χ4n) is 11.1. The molecule has 2 bridgehead atoms. The number of rotatable bonds is 15. The molecule has 68 heavy (non-hydrogen) atoms. The van der Waals surface area contributed by atoms with Crippen molar-refractivity contribution >= 4 is 52.0 Å². The maximum absolute atomic E-state index is 16.1. The summed E-state index contributed by atoms with van der Waals surface area (Å²) < 4.78 is 39.1.